The smallest absolute Gasteiger partial charge is 0.163 e. The minimum absolute atomic E-state index is 0.204. The third-order valence-corrected chi connectivity index (χ3v) is 1.80. The first-order chi connectivity index (χ1) is 6.20. The molecule has 1 unspecified atom stereocenters. The molecule has 0 aliphatic rings. The highest BCUT2D eigenvalue weighted by Crippen LogP contribution is 2.09. The summed E-state index contributed by atoms with van der Waals surface area (Å²) in [5.41, 5.74) is 6.08. The highest BCUT2D eigenvalue weighted by molar-refractivity contribution is 7.80. The van der Waals surface area contributed by atoms with Crippen molar-refractivity contribution in [3.63, 3.8) is 0 Å². The number of benzene rings is 1. The average Bonchev–Trinajstić information content (AvgIpc) is 2.15. The van der Waals surface area contributed by atoms with Gasteiger partial charge in [0.15, 0.2) is 5.11 Å². The molecular formula is C9H12N2OS. The van der Waals surface area contributed by atoms with Gasteiger partial charge >= 0.3 is 0 Å². The van der Waals surface area contributed by atoms with Crippen molar-refractivity contribution in [3.05, 3.63) is 35.9 Å². The summed E-state index contributed by atoms with van der Waals surface area (Å²) in [5.74, 6) is 0. The zero-order valence-corrected chi connectivity index (χ0v) is 7.92. The van der Waals surface area contributed by atoms with Crippen molar-refractivity contribution in [2.45, 2.75) is 6.10 Å². The molecule has 1 aromatic rings. The Balaban J connectivity index is 2.49. The van der Waals surface area contributed by atoms with Gasteiger partial charge in [0.05, 0.1) is 6.10 Å². The first kappa shape index (κ1) is 9.95. The molecule has 3 nitrogen and oxygen atoms in total. The van der Waals surface area contributed by atoms with Crippen LogP contribution in [0.1, 0.15) is 11.7 Å². The van der Waals surface area contributed by atoms with Gasteiger partial charge in [-0.3, -0.25) is 0 Å². The van der Waals surface area contributed by atoms with E-state index in [4.69, 9.17) is 5.73 Å². The fourth-order valence-corrected chi connectivity index (χ4v) is 1.07. The maximum atomic E-state index is 9.59. The third kappa shape index (κ3) is 3.40. The predicted molar refractivity (Wildman–Crippen MR) is 56.2 cm³/mol. The second kappa shape index (κ2) is 4.79. The molecule has 0 heterocycles. The average molecular weight is 196 g/mol. The van der Waals surface area contributed by atoms with E-state index in [1.807, 2.05) is 30.3 Å². The first-order valence-corrected chi connectivity index (χ1v) is 4.37. The molecule has 70 valence electrons. The van der Waals surface area contributed by atoms with E-state index in [9.17, 15) is 5.11 Å². The van der Waals surface area contributed by atoms with Gasteiger partial charge in [-0.25, -0.2) is 0 Å². The molecular weight excluding hydrogens is 184 g/mol. The number of hydrogen-bond donors (Lipinski definition) is 3. The Morgan fingerprint density at radius 2 is 2.08 bits per heavy atom. The van der Waals surface area contributed by atoms with Gasteiger partial charge < -0.3 is 16.2 Å². The van der Waals surface area contributed by atoms with Crippen molar-refractivity contribution in [3.8, 4) is 0 Å². The number of hydrogen-bond acceptors (Lipinski definition) is 2. The van der Waals surface area contributed by atoms with Gasteiger partial charge in [-0.15, -0.1) is 0 Å². The molecule has 0 aliphatic carbocycles. The number of nitrogens with one attached hydrogen (secondary N) is 1. The SMILES string of the molecule is NC(=S)NCC(O)c1ccccc1. The normalized spacial score (nSPS) is 12.1. The van der Waals surface area contributed by atoms with Crippen LogP contribution in [0.5, 0.6) is 0 Å². The van der Waals surface area contributed by atoms with Gasteiger partial charge in [0.25, 0.3) is 0 Å². The van der Waals surface area contributed by atoms with Crippen molar-refractivity contribution in [1.82, 2.24) is 5.32 Å². The van der Waals surface area contributed by atoms with Crippen LogP contribution in [-0.4, -0.2) is 16.8 Å². The highest BCUT2D eigenvalue weighted by Gasteiger charge is 2.05. The monoisotopic (exact) mass is 196 g/mol. The van der Waals surface area contributed by atoms with Crippen LogP contribution in [0.15, 0.2) is 30.3 Å². The fourth-order valence-electron chi connectivity index (χ4n) is 0.990. The predicted octanol–water partition coefficient (Wildman–Crippen LogP) is 0.553. The Morgan fingerprint density at radius 3 is 2.62 bits per heavy atom. The molecule has 0 saturated carbocycles. The number of nitrogens with two attached hydrogens (primary N) is 1. The van der Waals surface area contributed by atoms with E-state index in [0.29, 0.717) is 6.54 Å². The Kier molecular flexibility index (Phi) is 3.67. The molecule has 4 heteroatoms. The number of rotatable bonds is 3. The maximum Gasteiger partial charge on any atom is 0.163 e. The lowest BCUT2D eigenvalue weighted by atomic mass is 10.1. The molecule has 0 spiro atoms. The van der Waals surface area contributed by atoms with Crippen molar-refractivity contribution in [2.24, 2.45) is 5.73 Å². The first-order valence-electron chi connectivity index (χ1n) is 3.96. The molecule has 0 amide bonds. The molecule has 0 radical (unpaired) electrons. The fraction of sp³-hybridized carbons (Fsp3) is 0.222. The molecule has 0 bridgehead atoms. The summed E-state index contributed by atoms with van der Waals surface area (Å²) in [5, 5.41) is 12.5. The van der Waals surface area contributed by atoms with E-state index < -0.39 is 6.10 Å². The van der Waals surface area contributed by atoms with E-state index in [1.165, 1.54) is 0 Å². The largest absolute Gasteiger partial charge is 0.387 e. The van der Waals surface area contributed by atoms with Crippen molar-refractivity contribution in [1.29, 1.82) is 0 Å². The minimum Gasteiger partial charge on any atom is -0.387 e. The van der Waals surface area contributed by atoms with Crippen LogP contribution >= 0.6 is 12.2 Å². The number of aliphatic hydroxyl groups is 1. The van der Waals surface area contributed by atoms with Crippen molar-refractivity contribution in [2.75, 3.05) is 6.54 Å². The minimum atomic E-state index is -0.567. The summed E-state index contributed by atoms with van der Waals surface area (Å²) < 4.78 is 0. The van der Waals surface area contributed by atoms with Gasteiger partial charge in [0, 0.05) is 6.54 Å². The lowest BCUT2D eigenvalue weighted by molar-refractivity contribution is 0.181. The summed E-state index contributed by atoms with van der Waals surface area (Å²) in [6, 6.07) is 9.35. The molecule has 0 aliphatic heterocycles. The quantitative estimate of drug-likeness (QED) is 0.618. The molecule has 0 fully saturated rings. The molecule has 4 N–H and O–H groups in total. The summed E-state index contributed by atoms with van der Waals surface area (Å²) in [4.78, 5) is 0. The third-order valence-electron chi connectivity index (χ3n) is 1.65. The molecule has 1 atom stereocenters. The topological polar surface area (TPSA) is 58.3 Å². The van der Waals surface area contributed by atoms with Crippen LogP contribution in [0.4, 0.5) is 0 Å². The van der Waals surface area contributed by atoms with Crippen LogP contribution in [-0.2, 0) is 0 Å². The van der Waals surface area contributed by atoms with E-state index in [-0.39, 0.29) is 5.11 Å². The van der Waals surface area contributed by atoms with Crippen LogP contribution in [0, 0.1) is 0 Å². The number of thiocarbonyl (C=S) groups is 1. The Labute approximate surface area is 82.6 Å². The zero-order valence-electron chi connectivity index (χ0n) is 7.10. The molecule has 0 saturated heterocycles. The Morgan fingerprint density at radius 1 is 1.46 bits per heavy atom. The highest BCUT2D eigenvalue weighted by atomic mass is 32.1. The van der Waals surface area contributed by atoms with E-state index in [0.717, 1.165) is 5.56 Å². The lowest BCUT2D eigenvalue weighted by Crippen LogP contribution is -2.32. The molecule has 1 rings (SSSR count). The van der Waals surface area contributed by atoms with E-state index in [2.05, 4.69) is 17.5 Å². The standard InChI is InChI=1S/C9H12N2OS/c10-9(13)11-6-8(12)7-4-2-1-3-5-7/h1-5,8,12H,6H2,(H3,10,11,13). The molecule has 13 heavy (non-hydrogen) atoms. The van der Waals surface area contributed by atoms with Crippen LogP contribution in [0.3, 0.4) is 0 Å². The Hall–Kier alpha value is -1.13. The summed E-state index contributed by atoms with van der Waals surface area (Å²) in [6.07, 6.45) is -0.567. The summed E-state index contributed by atoms with van der Waals surface area (Å²) in [6.45, 7) is 0.347. The second-order valence-electron chi connectivity index (χ2n) is 2.67. The lowest BCUT2D eigenvalue weighted by Gasteiger charge is -2.11. The maximum absolute atomic E-state index is 9.59. The molecule has 0 aromatic heterocycles. The van der Waals surface area contributed by atoms with E-state index in [1.54, 1.807) is 0 Å². The second-order valence-corrected chi connectivity index (χ2v) is 3.11. The van der Waals surface area contributed by atoms with Crippen LogP contribution in [0.2, 0.25) is 0 Å². The van der Waals surface area contributed by atoms with Crippen molar-refractivity contribution >= 4 is 17.3 Å². The van der Waals surface area contributed by atoms with Gasteiger partial charge in [0.2, 0.25) is 0 Å². The van der Waals surface area contributed by atoms with Crippen LogP contribution < -0.4 is 11.1 Å². The Bertz CT molecular complexity index is 276. The summed E-state index contributed by atoms with van der Waals surface area (Å²) >= 11 is 4.62. The zero-order chi connectivity index (χ0) is 9.68. The van der Waals surface area contributed by atoms with Gasteiger partial charge in [0.1, 0.15) is 0 Å². The molecule has 1 aromatic carbocycles. The van der Waals surface area contributed by atoms with Gasteiger partial charge in [-0.1, -0.05) is 30.3 Å². The summed E-state index contributed by atoms with van der Waals surface area (Å²) in [7, 11) is 0. The van der Waals surface area contributed by atoms with Gasteiger partial charge in [-0.05, 0) is 17.8 Å². The van der Waals surface area contributed by atoms with Crippen LogP contribution in [0.25, 0.3) is 0 Å². The van der Waals surface area contributed by atoms with Gasteiger partial charge in [-0.2, -0.15) is 0 Å². The number of aliphatic hydroxyl groups excluding tert-OH is 1. The van der Waals surface area contributed by atoms with Crippen molar-refractivity contribution < 1.29 is 5.11 Å². The van der Waals surface area contributed by atoms with E-state index >= 15 is 0 Å².